The Hall–Kier alpha value is -1.53. The zero-order chi connectivity index (χ0) is 12.6. The van der Waals surface area contributed by atoms with Gasteiger partial charge in [-0.2, -0.15) is 0 Å². The summed E-state index contributed by atoms with van der Waals surface area (Å²) in [5.74, 6) is 7.40. The lowest BCUT2D eigenvalue weighted by Crippen LogP contribution is -2.43. The van der Waals surface area contributed by atoms with Gasteiger partial charge in [0.25, 0.3) is 0 Å². The molecule has 0 aromatic carbocycles. The standard InChI is InChI=1S/C15H21N3/c1-2-3-4-5-7-14-8-6-9-15(17-14)18-12-10-16-11-13-18/h6,8-9,16H,2-4,10-13H2,1H3. The lowest BCUT2D eigenvalue weighted by molar-refractivity contribution is 0.585. The molecular formula is C15H21N3. The van der Waals surface area contributed by atoms with Crippen molar-refractivity contribution >= 4 is 5.82 Å². The van der Waals surface area contributed by atoms with E-state index in [1.807, 2.05) is 12.1 Å². The van der Waals surface area contributed by atoms with Crippen LogP contribution < -0.4 is 10.2 Å². The summed E-state index contributed by atoms with van der Waals surface area (Å²) in [5, 5.41) is 3.35. The van der Waals surface area contributed by atoms with Crippen LogP contribution >= 0.6 is 0 Å². The fourth-order valence-corrected chi connectivity index (χ4v) is 1.98. The number of nitrogens with zero attached hydrogens (tertiary/aromatic N) is 2. The fourth-order valence-electron chi connectivity index (χ4n) is 1.98. The van der Waals surface area contributed by atoms with Crippen LogP contribution in [0.1, 0.15) is 31.9 Å². The van der Waals surface area contributed by atoms with E-state index in [2.05, 4.69) is 40.0 Å². The molecule has 0 aliphatic carbocycles. The van der Waals surface area contributed by atoms with Crippen molar-refractivity contribution in [3.63, 3.8) is 0 Å². The van der Waals surface area contributed by atoms with Crippen molar-refractivity contribution < 1.29 is 0 Å². The van der Waals surface area contributed by atoms with E-state index in [-0.39, 0.29) is 0 Å². The lowest BCUT2D eigenvalue weighted by Gasteiger charge is -2.28. The molecule has 2 heterocycles. The summed E-state index contributed by atoms with van der Waals surface area (Å²) in [6.45, 7) is 6.31. The molecule has 0 radical (unpaired) electrons. The van der Waals surface area contributed by atoms with Crippen LogP contribution in [0.5, 0.6) is 0 Å². The number of aromatic nitrogens is 1. The number of piperazine rings is 1. The van der Waals surface area contributed by atoms with Gasteiger partial charge >= 0.3 is 0 Å². The summed E-state index contributed by atoms with van der Waals surface area (Å²) in [6, 6.07) is 6.11. The van der Waals surface area contributed by atoms with Gasteiger partial charge in [-0.15, -0.1) is 0 Å². The van der Waals surface area contributed by atoms with E-state index in [0.717, 1.165) is 44.1 Å². The molecule has 96 valence electrons. The summed E-state index contributed by atoms with van der Waals surface area (Å²) in [5.41, 5.74) is 0.891. The molecule has 1 aliphatic rings. The summed E-state index contributed by atoms with van der Waals surface area (Å²) >= 11 is 0. The molecule has 0 bridgehead atoms. The first kappa shape index (κ1) is 12.9. The normalized spacial score (nSPS) is 15.1. The van der Waals surface area contributed by atoms with Crippen molar-refractivity contribution in [2.45, 2.75) is 26.2 Å². The molecule has 0 amide bonds. The van der Waals surface area contributed by atoms with Crippen molar-refractivity contribution in [1.82, 2.24) is 10.3 Å². The summed E-state index contributed by atoms with van der Waals surface area (Å²) < 4.78 is 0. The van der Waals surface area contributed by atoms with Gasteiger partial charge in [0.05, 0.1) is 0 Å². The molecule has 1 aliphatic heterocycles. The van der Waals surface area contributed by atoms with Gasteiger partial charge < -0.3 is 10.2 Å². The van der Waals surface area contributed by atoms with Gasteiger partial charge in [0, 0.05) is 32.6 Å². The van der Waals surface area contributed by atoms with E-state index in [1.165, 1.54) is 12.8 Å². The highest BCUT2D eigenvalue weighted by molar-refractivity contribution is 5.43. The van der Waals surface area contributed by atoms with Gasteiger partial charge in [-0.1, -0.05) is 25.3 Å². The molecule has 1 aromatic heterocycles. The highest BCUT2D eigenvalue weighted by atomic mass is 15.2. The van der Waals surface area contributed by atoms with Crippen LogP contribution in [-0.4, -0.2) is 31.2 Å². The number of unbranched alkanes of at least 4 members (excludes halogenated alkanes) is 2. The van der Waals surface area contributed by atoms with E-state index in [9.17, 15) is 0 Å². The Kier molecular flexibility index (Phi) is 5.04. The molecule has 1 saturated heterocycles. The second-order valence-corrected chi connectivity index (χ2v) is 4.52. The molecule has 0 atom stereocenters. The molecule has 0 saturated carbocycles. The van der Waals surface area contributed by atoms with Gasteiger partial charge in [-0.05, 0) is 24.5 Å². The van der Waals surface area contributed by atoms with Crippen LogP contribution in [0.15, 0.2) is 18.2 Å². The maximum Gasteiger partial charge on any atom is 0.130 e. The topological polar surface area (TPSA) is 28.2 Å². The highest BCUT2D eigenvalue weighted by Gasteiger charge is 2.11. The van der Waals surface area contributed by atoms with Crippen molar-refractivity contribution in [1.29, 1.82) is 0 Å². The molecular weight excluding hydrogens is 222 g/mol. The molecule has 0 spiro atoms. The van der Waals surface area contributed by atoms with Crippen LogP contribution in [-0.2, 0) is 0 Å². The average Bonchev–Trinajstić information content (AvgIpc) is 2.45. The van der Waals surface area contributed by atoms with Gasteiger partial charge in [0.1, 0.15) is 11.5 Å². The molecule has 3 nitrogen and oxygen atoms in total. The predicted molar refractivity (Wildman–Crippen MR) is 75.7 cm³/mol. The molecule has 1 fully saturated rings. The van der Waals surface area contributed by atoms with E-state index < -0.39 is 0 Å². The molecule has 0 unspecified atom stereocenters. The molecule has 18 heavy (non-hydrogen) atoms. The number of rotatable bonds is 3. The zero-order valence-electron chi connectivity index (χ0n) is 11.1. The third kappa shape index (κ3) is 3.75. The van der Waals surface area contributed by atoms with E-state index in [4.69, 9.17) is 0 Å². The molecule has 3 heteroatoms. The Labute approximate surface area is 110 Å². The maximum atomic E-state index is 4.62. The van der Waals surface area contributed by atoms with Gasteiger partial charge in [0.15, 0.2) is 0 Å². The van der Waals surface area contributed by atoms with Crippen molar-refractivity contribution in [2.24, 2.45) is 0 Å². The Morgan fingerprint density at radius 3 is 2.94 bits per heavy atom. The van der Waals surface area contributed by atoms with Crippen LogP contribution in [0, 0.1) is 11.8 Å². The van der Waals surface area contributed by atoms with Gasteiger partial charge in [-0.3, -0.25) is 0 Å². The number of hydrogen-bond donors (Lipinski definition) is 1. The Bertz CT molecular complexity index is 425. The van der Waals surface area contributed by atoms with Crippen molar-refractivity contribution in [3.05, 3.63) is 23.9 Å². The van der Waals surface area contributed by atoms with Crippen molar-refractivity contribution in [2.75, 3.05) is 31.1 Å². The minimum absolute atomic E-state index is 0.891. The minimum atomic E-state index is 0.891. The number of nitrogens with one attached hydrogen (secondary N) is 1. The predicted octanol–water partition coefficient (Wildman–Crippen LogP) is 2.03. The monoisotopic (exact) mass is 243 g/mol. The third-order valence-corrected chi connectivity index (χ3v) is 3.05. The first-order valence-electron chi connectivity index (χ1n) is 6.82. The SMILES string of the molecule is CCCCC#Cc1cccc(N2CCNCC2)n1. The Morgan fingerprint density at radius 1 is 1.33 bits per heavy atom. The van der Waals surface area contributed by atoms with Gasteiger partial charge in [0.2, 0.25) is 0 Å². The minimum Gasteiger partial charge on any atom is -0.354 e. The van der Waals surface area contributed by atoms with Crippen LogP contribution in [0.2, 0.25) is 0 Å². The Morgan fingerprint density at radius 2 is 2.17 bits per heavy atom. The lowest BCUT2D eigenvalue weighted by atomic mass is 10.2. The summed E-state index contributed by atoms with van der Waals surface area (Å²) in [4.78, 5) is 6.93. The molecule has 1 N–H and O–H groups in total. The van der Waals surface area contributed by atoms with Gasteiger partial charge in [-0.25, -0.2) is 4.98 Å². The number of pyridine rings is 1. The highest BCUT2D eigenvalue weighted by Crippen LogP contribution is 2.11. The summed E-state index contributed by atoms with van der Waals surface area (Å²) in [7, 11) is 0. The zero-order valence-corrected chi connectivity index (χ0v) is 11.1. The first-order valence-corrected chi connectivity index (χ1v) is 6.82. The second kappa shape index (κ2) is 7.03. The van der Waals surface area contributed by atoms with Crippen LogP contribution in [0.25, 0.3) is 0 Å². The Balaban J connectivity index is 2.01. The smallest absolute Gasteiger partial charge is 0.130 e. The fraction of sp³-hybridized carbons (Fsp3) is 0.533. The average molecular weight is 243 g/mol. The largest absolute Gasteiger partial charge is 0.354 e. The molecule has 1 aromatic rings. The first-order chi connectivity index (χ1) is 8.90. The second-order valence-electron chi connectivity index (χ2n) is 4.52. The third-order valence-electron chi connectivity index (χ3n) is 3.05. The number of hydrogen-bond acceptors (Lipinski definition) is 3. The van der Waals surface area contributed by atoms with Crippen LogP contribution in [0.4, 0.5) is 5.82 Å². The summed E-state index contributed by atoms with van der Waals surface area (Å²) in [6.07, 6.45) is 3.34. The van der Waals surface area contributed by atoms with E-state index >= 15 is 0 Å². The van der Waals surface area contributed by atoms with E-state index in [1.54, 1.807) is 0 Å². The quantitative estimate of drug-likeness (QED) is 0.650. The number of anilines is 1. The maximum absolute atomic E-state index is 4.62. The molecule has 2 rings (SSSR count). The van der Waals surface area contributed by atoms with Crippen molar-refractivity contribution in [3.8, 4) is 11.8 Å². The van der Waals surface area contributed by atoms with Crippen LogP contribution in [0.3, 0.4) is 0 Å². The van der Waals surface area contributed by atoms with E-state index in [0.29, 0.717) is 0 Å².